The van der Waals surface area contributed by atoms with Gasteiger partial charge >= 0.3 is 0 Å². The highest BCUT2D eigenvalue weighted by Gasteiger charge is 2.40. The van der Waals surface area contributed by atoms with Gasteiger partial charge in [0.05, 0.1) is 12.1 Å². The number of rotatable bonds is 14. The SMILES string of the molecule is CC1=C(/C=C/C(C)=C/C=C/C(C)=C/C=C/C=C(C)/C=C/C=C(C)/C=C/C2=C(C)C(=O)C(NN3CCN(C)CC3)CC2(C)C)C(C)(C)CC(NN2CCN(C)CC2)C1=O. The first-order chi connectivity index (χ1) is 27.4. The Hall–Kier alpha value is -3.76. The number of allylic oxidation sites excluding steroid dienone is 20. The Labute approximate surface area is 351 Å². The lowest BCUT2D eigenvalue weighted by atomic mass is 9.70. The number of hydrogen-bond donors (Lipinski definition) is 2. The summed E-state index contributed by atoms with van der Waals surface area (Å²) in [7, 11) is 4.29. The summed E-state index contributed by atoms with van der Waals surface area (Å²) in [5.74, 6) is 0.417. The molecule has 2 aliphatic heterocycles. The summed E-state index contributed by atoms with van der Waals surface area (Å²) in [6.07, 6.45) is 31.0. The maximum absolute atomic E-state index is 13.4. The van der Waals surface area contributed by atoms with E-state index in [9.17, 15) is 9.59 Å². The summed E-state index contributed by atoms with van der Waals surface area (Å²) in [6, 6.07) is -0.340. The maximum Gasteiger partial charge on any atom is 0.177 e. The van der Waals surface area contributed by atoms with E-state index in [1.165, 1.54) is 0 Å². The van der Waals surface area contributed by atoms with E-state index < -0.39 is 0 Å². The fourth-order valence-electron chi connectivity index (χ4n) is 8.22. The van der Waals surface area contributed by atoms with Crippen molar-refractivity contribution in [3.63, 3.8) is 0 Å². The number of likely N-dealkylation sites (N-methyl/N-ethyl adjacent to an activating group) is 2. The number of nitrogens with one attached hydrogen (secondary N) is 2. The summed E-state index contributed by atoms with van der Waals surface area (Å²) in [5, 5.41) is 4.44. The average Bonchev–Trinajstić information content (AvgIpc) is 3.15. The number of carbonyl (C=O) groups is 2. The highest BCUT2D eigenvalue weighted by atomic mass is 16.1. The average molecular weight is 791 g/mol. The Kier molecular flexibility index (Phi) is 17.4. The molecule has 2 N–H and O–H groups in total. The quantitative estimate of drug-likeness (QED) is 0.170. The fraction of sp³-hybridized carbons (Fsp3) is 0.520. The van der Waals surface area contributed by atoms with Crippen LogP contribution >= 0.6 is 0 Å². The van der Waals surface area contributed by atoms with Gasteiger partial charge in [-0.15, -0.1) is 0 Å². The van der Waals surface area contributed by atoms with Gasteiger partial charge in [-0.3, -0.25) is 9.59 Å². The second-order valence-corrected chi connectivity index (χ2v) is 18.3. The second kappa shape index (κ2) is 21.5. The molecule has 0 aromatic heterocycles. The number of Topliss-reactive ketones (excluding diaryl/α,β-unsaturated/α-hetero) is 2. The molecule has 2 saturated heterocycles. The van der Waals surface area contributed by atoms with Crippen molar-refractivity contribution in [2.45, 2.75) is 94.2 Å². The van der Waals surface area contributed by atoms with Gasteiger partial charge in [-0.2, -0.15) is 0 Å². The van der Waals surface area contributed by atoms with Crippen molar-refractivity contribution in [3.8, 4) is 0 Å². The van der Waals surface area contributed by atoms with Crippen LogP contribution in [0, 0.1) is 10.8 Å². The van der Waals surface area contributed by atoms with Crippen LogP contribution in [0.2, 0.25) is 0 Å². The van der Waals surface area contributed by atoms with Gasteiger partial charge in [0.2, 0.25) is 0 Å². The minimum Gasteiger partial charge on any atom is -0.304 e. The Morgan fingerprint density at radius 1 is 0.517 bits per heavy atom. The highest BCUT2D eigenvalue weighted by Crippen LogP contribution is 2.41. The Balaban J connectivity index is 1.26. The van der Waals surface area contributed by atoms with Crippen molar-refractivity contribution in [2.75, 3.05) is 66.5 Å². The van der Waals surface area contributed by atoms with E-state index in [1.807, 2.05) is 13.8 Å². The van der Waals surface area contributed by atoms with E-state index in [2.05, 4.69) is 185 Å². The van der Waals surface area contributed by atoms with E-state index in [0.717, 1.165) is 110 Å². The van der Waals surface area contributed by atoms with Crippen molar-refractivity contribution < 1.29 is 9.59 Å². The molecule has 0 bridgehead atoms. The minimum atomic E-state index is -0.170. The van der Waals surface area contributed by atoms with Gasteiger partial charge in [0.25, 0.3) is 0 Å². The molecule has 0 radical (unpaired) electrons. The number of ketones is 2. The van der Waals surface area contributed by atoms with Gasteiger partial charge in [-0.25, -0.2) is 20.9 Å². The van der Waals surface area contributed by atoms with E-state index in [1.54, 1.807) is 0 Å². The molecule has 8 nitrogen and oxygen atoms in total. The normalized spacial score (nSPS) is 26.1. The van der Waals surface area contributed by atoms with Crippen LogP contribution in [0.5, 0.6) is 0 Å². The molecule has 0 aromatic rings. The van der Waals surface area contributed by atoms with Crippen LogP contribution in [0.1, 0.15) is 82.1 Å². The van der Waals surface area contributed by atoms with Crippen molar-refractivity contribution in [1.29, 1.82) is 0 Å². The lowest BCUT2D eigenvalue weighted by Crippen LogP contribution is -2.57. The summed E-state index contributed by atoms with van der Waals surface area (Å²) >= 11 is 0. The lowest BCUT2D eigenvalue weighted by Gasteiger charge is -2.41. The first-order valence-corrected chi connectivity index (χ1v) is 21.3. The van der Waals surface area contributed by atoms with Gasteiger partial charge in [0.15, 0.2) is 11.6 Å². The van der Waals surface area contributed by atoms with Crippen LogP contribution in [0.25, 0.3) is 0 Å². The molecule has 0 amide bonds. The third-order valence-corrected chi connectivity index (χ3v) is 12.0. The summed E-state index contributed by atoms with van der Waals surface area (Å²) < 4.78 is 0. The number of nitrogens with zero attached hydrogens (tertiary/aromatic N) is 4. The van der Waals surface area contributed by atoms with Crippen LogP contribution in [0.3, 0.4) is 0 Å². The molecule has 2 unspecified atom stereocenters. The Morgan fingerprint density at radius 2 is 0.828 bits per heavy atom. The predicted octanol–water partition coefficient (Wildman–Crippen LogP) is 8.42. The molecule has 8 heteroatoms. The molecule has 2 heterocycles. The zero-order valence-electron chi connectivity index (χ0n) is 37.9. The topological polar surface area (TPSA) is 71.2 Å². The summed E-state index contributed by atoms with van der Waals surface area (Å²) in [6.45, 7) is 29.1. The molecule has 2 fully saturated rings. The number of hydrazine groups is 2. The number of carbonyl (C=O) groups excluding carboxylic acids is 2. The number of piperazine rings is 2. The van der Waals surface area contributed by atoms with Gasteiger partial charge in [0, 0.05) is 52.4 Å². The molecular weight excluding hydrogens is 717 g/mol. The smallest absolute Gasteiger partial charge is 0.177 e. The molecule has 2 atom stereocenters. The molecule has 58 heavy (non-hydrogen) atoms. The minimum absolute atomic E-state index is 0.100. The second-order valence-electron chi connectivity index (χ2n) is 18.3. The van der Waals surface area contributed by atoms with Crippen LogP contribution in [-0.2, 0) is 9.59 Å². The highest BCUT2D eigenvalue weighted by molar-refractivity contribution is 6.02. The van der Waals surface area contributed by atoms with E-state index in [4.69, 9.17) is 0 Å². The lowest BCUT2D eigenvalue weighted by molar-refractivity contribution is -0.121. The van der Waals surface area contributed by atoms with Crippen LogP contribution in [0.4, 0.5) is 0 Å². The van der Waals surface area contributed by atoms with Gasteiger partial charge in [0.1, 0.15) is 0 Å². The zero-order chi connectivity index (χ0) is 42.6. The molecule has 0 aromatic carbocycles. The molecule has 4 rings (SSSR count). The molecule has 0 saturated carbocycles. The van der Waals surface area contributed by atoms with E-state index in [-0.39, 0.29) is 34.5 Å². The maximum atomic E-state index is 13.4. The van der Waals surface area contributed by atoms with Gasteiger partial charge in [-0.1, -0.05) is 135 Å². The molecule has 316 valence electrons. The van der Waals surface area contributed by atoms with E-state index >= 15 is 0 Å². The van der Waals surface area contributed by atoms with E-state index in [0.29, 0.717) is 0 Å². The summed E-state index contributed by atoms with van der Waals surface area (Å²) in [4.78, 5) is 31.4. The van der Waals surface area contributed by atoms with Crippen molar-refractivity contribution in [1.82, 2.24) is 30.7 Å². The third kappa shape index (κ3) is 13.9. The first-order valence-electron chi connectivity index (χ1n) is 21.3. The standard InChI is InChI=1S/C50H74N6O2/c1-37(19-15-21-39(3)23-25-43-41(5)47(57)45(35-49(43,7)8)51-55-31-27-53(11)28-32-55)17-13-14-18-38(2)20-16-22-40(4)24-26-44-42(6)48(58)46(36-50(44,9)10)52-56-33-29-54(12)30-34-56/h13-26,45-46,51-52H,27-36H2,1-12H3/b14-13+,19-15+,20-16+,25-23+,26-24+,37-17+,38-18+,39-21+,40-22+. The first kappa shape index (κ1) is 46.9. The molecule has 4 aliphatic rings. The van der Waals surface area contributed by atoms with Gasteiger partial charge < -0.3 is 9.80 Å². The van der Waals surface area contributed by atoms with Crippen molar-refractivity contribution >= 4 is 11.6 Å². The van der Waals surface area contributed by atoms with Crippen molar-refractivity contribution in [2.24, 2.45) is 10.8 Å². The monoisotopic (exact) mass is 791 g/mol. The van der Waals surface area contributed by atoms with Crippen LogP contribution in [0.15, 0.2) is 130 Å². The third-order valence-electron chi connectivity index (χ3n) is 12.0. The van der Waals surface area contributed by atoms with Crippen LogP contribution in [-0.4, -0.2) is 110 Å². The van der Waals surface area contributed by atoms with Gasteiger partial charge in [-0.05, 0) is 102 Å². The molecule has 0 spiro atoms. The predicted molar refractivity (Wildman–Crippen MR) is 245 cm³/mol. The summed E-state index contributed by atoms with van der Waals surface area (Å²) in [5.41, 5.74) is 15.4. The zero-order valence-corrected chi connectivity index (χ0v) is 37.9. The Bertz CT molecular complexity index is 1690. The van der Waals surface area contributed by atoms with Crippen molar-refractivity contribution in [3.05, 3.63) is 130 Å². The largest absolute Gasteiger partial charge is 0.304 e. The Morgan fingerprint density at radius 3 is 1.17 bits per heavy atom. The fourth-order valence-corrected chi connectivity index (χ4v) is 8.22. The molecular formula is C50H74N6O2. The van der Waals surface area contributed by atoms with Crippen LogP contribution < -0.4 is 10.9 Å². The molecule has 2 aliphatic carbocycles. The number of hydrogen-bond acceptors (Lipinski definition) is 8.